The maximum Gasteiger partial charge on any atom is 0.0618 e. The molecule has 0 saturated carbocycles. The Kier molecular flexibility index (Phi) is 2.23. The molecule has 0 aliphatic rings. The van der Waals surface area contributed by atoms with Crippen LogP contribution in [0.25, 0.3) is 11.1 Å². The molecule has 1 N–H and O–H groups in total. The van der Waals surface area contributed by atoms with Gasteiger partial charge in [0, 0.05) is 5.56 Å². The summed E-state index contributed by atoms with van der Waals surface area (Å²) in [6.45, 7) is 2.07. The molecule has 2 aromatic rings. The summed E-state index contributed by atoms with van der Waals surface area (Å²) in [6, 6.07) is 15.9. The zero-order valence-corrected chi connectivity index (χ0v) is 8.12. The molecule has 1 nitrogen and oxygen atoms in total. The molecule has 2 aromatic carbocycles. The summed E-state index contributed by atoms with van der Waals surface area (Å²) in [5.41, 5.74) is 11.7. The first-order valence-corrected chi connectivity index (χ1v) is 4.65. The average molecular weight is 182 g/mol. The topological polar surface area (TPSA) is 23.8 Å². The van der Waals surface area contributed by atoms with E-state index in [1.807, 2.05) is 24.3 Å². The fraction of sp³-hybridized carbons (Fsp3) is 0.0769. The minimum absolute atomic E-state index is 0.580. The van der Waals surface area contributed by atoms with Gasteiger partial charge in [0.15, 0.2) is 0 Å². The Hall–Kier alpha value is -1.76. The quantitative estimate of drug-likeness (QED) is 0.643. The van der Waals surface area contributed by atoms with Crippen molar-refractivity contribution in [3.63, 3.8) is 0 Å². The number of nitrogens with one attached hydrogen (secondary N) is 1. The van der Waals surface area contributed by atoms with E-state index in [1.54, 1.807) is 0 Å². The summed E-state index contributed by atoms with van der Waals surface area (Å²) in [5.74, 6) is 0. The van der Waals surface area contributed by atoms with Gasteiger partial charge in [0.2, 0.25) is 0 Å². The molecule has 0 fully saturated rings. The minimum Gasteiger partial charge on any atom is -0.300 e. The van der Waals surface area contributed by atoms with Gasteiger partial charge in [-0.1, -0.05) is 48.0 Å². The molecule has 1 heteroatoms. The van der Waals surface area contributed by atoms with E-state index < -0.39 is 0 Å². The first-order valence-electron chi connectivity index (χ1n) is 4.65. The van der Waals surface area contributed by atoms with E-state index in [1.165, 1.54) is 5.56 Å². The molecule has 0 saturated heterocycles. The summed E-state index contributed by atoms with van der Waals surface area (Å²) in [5, 5.41) is 0. The number of hydrogen-bond acceptors (Lipinski definition) is 0. The number of hydrogen-bond donors (Lipinski definition) is 0. The smallest absolute Gasteiger partial charge is 0.0618 e. The lowest BCUT2D eigenvalue weighted by molar-refractivity contribution is 1.44. The standard InChI is InChI=1S/C13H12N/c1-10-6-8-11(9-7-10)12-4-2-3-5-13(12)14/h2-9,14H,1H3. The number of benzene rings is 2. The third-order valence-corrected chi connectivity index (χ3v) is 2.29. The van der Waals surface area contributed by atoms with Gasteiger partial charge < -0.3 is 5.73 Å². The van der Waals surface area contributed by atoms with Crippen molar-refractivity contribution < 1.29 is 0 Å². The SMILES string of the molecule is Cc1ccc(-c2ccccc2[NH])cc1. The Morgan fingerprint density at radius 3 is 2.14 bits per heavy atom. The molecule has 0 aliphatic heterocycles. The molecule has 0 atom stereocenters. The van der Waals surface area contributed by atoms with E-state index in [4.69, 9.17) is 5.73 Å². The van der Waals surface area contributed by atoms with Crippen LogP contribution in [0.2, 0.25) is 0 Å². The maximum atomic E-state index is 7.76. The van der Waals surface area contributed by atoms with E-state index in [0.29, 0.717) is 5.69 Å². The van der Waals surface area contributed by atoms with Crippen LogP contribution in [0, 0.1) is 6.92 Å². The monoisotopic (exact) mass is 182 g/mol. The van der Waals surface area contributed by atoms with Gasteiger partial charge >= 0.3 is 0 Å². The van der Waals surface area contributed by atoms with E-state index in [-0.39, 0.29) is 0 Å². The molecule has 0 amide bonds. The van der Waals surface area contributed by atoms with Gasteiger partial charge in [0.1, 0.15) is 0 Å². The van der Waals surface area contributed by atoms with Crippen LogP contribution >= 0.6 is 0 Å². The Bertz CT molecular complexity index is 429. The van der Waals surface area contributed by atoms with Crippen LogP contribution in [0.4, 0.5) is 5.69 Å². The summed E-state index contributed by atoms with van der Waals surface area (Å²) >= 11 is 0. The zero-order valence-electron chi connectivity index (χ0n) is 8.12. The third kappa shape index (κ3) is 1.62. The van der Waals surface area contributed by atoms with Crippen molar-refractivity contribution in [2.24, 2.45) is 0 Å². The average Bonchev–Trinajstić information content (AvgIpc) is 2.20. The van der Waals surface area contributed by atoms with Gasteiger partial charge in [-0.3, -0.25) is 0 Å². The molecule has 69 valence electrons. The van der Waals surface area contributed by atoms with Gasteiger partial charge in [-0.25, -0.2) is 0 Å². The molecule has 0 aromatic heterocycles. The van der Waals surface area contributed by atoms with Crippen molar-refractivity contribution in [1.82, 2.24) is 5.73 Å². The highest BCUT2D eigenvalue weighted by Crippen LogP contribution is 2.26. The lowest BCUT2D eigenvalue weighted by Gasteiger charge is -2.04. The molecule has 0 bridgehead atoms. The molecule has 1 radical (unpaired) electrons. The predicted molar refractivity (Wildman–Crippen MR) is 59.4 cm³/mol. The van der Waals surface area contributed by atoms with Crippen LogP contribution < -0.4 is 5.73 Å². The van der Waals surface area contributed by atoms with Crippen LogP contribution in [0.1, 0.15) is 5.56 Å². The predicted octanol–water partition coefficient (Wildman–Crippen LogP) is 3.58. The van der Waals surface area contributed by atoms with Crippen molar-refractivity contribution in [1.29, 1.82) is 0 Å². The molecular formula is C13H12N. The Morgan fingerprint density at radius 1 is 0.857 bits per heavy atom. The van der Waals surface area contributed by atoms with E-state index in [0.717, 1.165) is 11.1 Å². The molecule has 0 unspecified atom stereocenters. The van der Waals surface area contributed by atoms with Gasteiger partial charge in [0.25, 0.3) is 0 Å². The van der Waals surface area contributed by atoms with Gasteiger partial charge in [0.05, 0.1) is 5.69 Å². The summed E-state index contributed by atoms with van der Waals surface area (Å²) < 4.78 is 0. The number of rotatable bonds is 1. The summed E-state index contributed by atoms with van der Waals surface area (Å²) in [7, 11) is 0. The Morgan fingerprint density at radius 2 is 1.50 bits per heavy atom. The minimum atomic E-state index is 0.580. The first-order chi connectivity index (χ1) is 6.77. The molecule has 2 rings (SSSR count). The maximum absolute atomic E-state index is 7.76. The molecule has 14 heavy (non-hydrogen) atoms. The molecule has 0 heterocycles. The van der Waals surface area contributed by atoms with Crippen molar-refractivity contribution in [3.8, 4) is 11.1 Å². The van der Waals surface area contributed by atoms with Crippen LogP contribution in [0.15, 0.2) is 48.5 Å². The second kappa shape index (κ2) is 3.54. The first kappa shape index (κ1) is 8.82. The van der Waals surface area contributed by atoms with E-state index >= 15 is 0 Å². The fourth-order valence-electron chi connectivity index (χ4n) is 1.47. The van der Waals surface area contributed by atoms with Gasteiger partial charge in [-0.15, -0.1) is 0 Å². The van der Waals surface area contributed by atoms with Crippen LogP contribution in [-0.4, -0.2) is 0 Å². The van der Waals surface area contributed by atoms with Crippen molar-refractivity contribution in [2.45, 2.75) is 6.92 Å². The molecular weight excluding hydrogens is 170 g/mol. The molecule has 0 aliphatic carbocycles. The van der Waals surface area contributed by atoms with Gasteiger partial charge in [-0.05, 0) is 18.6 Å². The van der Waals surface area contributed by atoms with Crippen molar-refractivity contribution in [2.75, 3.05) is 0 Å². The second-order valence-corrected chi connectivity index (χ2v) is 3.41. The van der Waals surface area contributed by atoms with E-state index in [9.17, 15) is 0 Å². The Labute approximate surface area is 84.2 Å². The zero-order chi connectivity index (χ0) is 9.97. The van der Waals surface area contributed by atoms with E-state index in [2.05, 4.69) is 31.2 Å². The lowest BCUT2D eigenvalue weighted by Crippen LogP contribution is -1.80. The highest BCUT2D eigenvalue weighted by atomic mass is 14.6. The highest BCUT2D eigenvalue weighted by Gasteiger charge is 2.00. The van der Waals surface area contributed by atoms with Crippen LogP contribution in [-0.2, 0) is 0 Å². The second-order valence-electron chi connectivity index (χ2n) is 3.41. The third-order valence-electron chi connectivity index (χ3n) is 2.29. The molecule has 0 spiro atoms. The lowest BCUT2D eigenvalue weighted by atomic mass is 10.0. The largest absolute Gasteiger partial charge is 0.300 e. The van der Waals surface area contributed by atoms with Crippen LogP contribution in [0.3, 0.4) is 0 Å². The Balaban J connectivity index is 2.50. The summed E-state index contributed by atoms with van der Waals surface area (Å²) in [6.07, 6.45) is 0. The van der Waals surface area contributed by atoms with Crippen LogP contribution in [0.5, 0.6) is 0 Å². The highest BCUT2D eigenvalue weighted by molar-refractivity contribution is 5.74. The fourth-order valence-corrected chi connectivity index (χ4v) is 1.47. The van der Waals surface area contributed by atoms with Gasteiger partial charge in [-0.2, -0.15) is 0 Å². The number of aryl methyl sites for hydroxylation is 1. The van der Waals surface area contributed by atoms with Crippen molar-refractivity contribution in [3.05, 3.63) is 54.1 Å². The normalized spacial score (nSPS) is 10.1. The summed E-state index contributed by atoms with van der Waals surface area (Å²) in [4.78, 5) is 0. The van der Waals surface area contributed by atoms with Crippen molar-refractivity contribution >= 4 is 5.69 Å².